The maximum absolute atomic E-state index is 13.9. The highest BCUT2D eigenvalue weighted by atomic mass is 19.4. The van der Waals surface area contributed by atoms with E-state index in [1.807, 2.05) is 0 Å². The average molecular weight is 489 g/mol. The molecule has 7 nitrogen and oxygen atoms in total. The van der Waals surface area contributed by atoms with Crippen molar-refractivity contribution in [3.8, 4) is 0 Å². The van der Waals surface area contributed by atoms with Crippen LogP contribution in [-0.4, -0.2) is 32.0 Å². The number of benzene rings is 1. The minimum Gasteiger partial charge on any atom is -0.331 e. The average Bonchev–Trinajstić information content (AvgIpc) is 2.80. The lowest BCUT2D eigenvalue weighted by Gasteiger charge is -2.29. The maximum atomic E-state index is 13.9. The van der Waals surface area contributed by atoms with Gasteiger partial charge in [0.25, 0.3) is 0 Å². The molecule has 11 heteroatoms. The first-order chi connectivity index (χ1) is 16.5. The molecule has 1 aliphatic rings. The third kappa shape index (κ3) is 5.50. The van der Waals surface area contributed by atoms with Gasteiger partial charge < -0.3 is 14.8 Å². The van der Waals surface area contributed by atoms with Crippen LogP contribution in [0.3, 0.4) is 0 Å². The molecule has 3 heterocycles. The van der Waals surface area contributed by atoms with E-state index >= 15 is 0 Å². The quantitative estimate of drug-likeness (QED) is 0.566. The van der Waals surface area contributed by atoms with Crippen molar-refractivity contribution in [1.29, 1.82) is 0 Å². The van der Waals surface area contributed by atoms with Crippen LogP contribution in [0, 0.1) is 5.82 Å². The molecule has 2 amide bonds. The lowest BCUT2D eigenvalue weighted by Crippen LogP contribution is -2.44. The van der Waals surface area contributed by atoms with Gasteiger partial charge >= 0.3 is 12.2 Å². The number of fused-ring (bicyclic) bond motifs is 1. The van der Waals surface area contributed by atoms with Crippen LogP contribution >= 0.6 is 0 Å². The van der Waals surface area contributed by atoms with Gasteiger partial charge in [-0.25, -0.2) is 19.2 Å². The number of aryl methyl sites for hydroxylation is 1. The molecule has 0 saturated heterocycles. The zero-order valence-corrected chi connectivity index (χ0v) is 19.1. The summed E-state index contributed by atoms with van der Waals surface area (Å²) in [6.07, 6.45) is -0.358. The summed E-state index contributed by atoms with van der Waals surface area (Å²) in [4.78, 5) is 34.9. The van der Waals surface area contributed by atoms with Gasteiger partial charge in [-0.1, -0.05) is 12.1 Å². The van der Waals surface area contributed by atoms with Crippen molar-refractivity contribution in [2.24, 2.45) is 7.05 Å². The molecule has 0 saturated carbocycles. The van der Waals surface area contributed by atoms with Crippen molar-refractivity contribution in [2.45, 2.75) is 38.5 Å². The third-order valence-electron chi connectivity index (χ3n) is 5.93. The second kappa shape index (κ2) is 9.47. The van der Waals surface area contributed by atoms with Gasteiger partial charge in [0.15, 0.2) is 0 Å². The predicted molar refractivity (Wildman–Crippen MR) is 119 cm³/mol. The number of urea groups is 1. The summed E-state index contributed by atoms with van der Waals surface area (Å²) < 4.78 is 53.8. The number of alkyl halides is 3. The number of rotatable bonds is 4. The number of carbonyl (C=O) groups is 1. The van der Waals surface area contributed by atoms with E-state index < -0.39 is 29.6 Å². The minimum absolute atomic E-state index is 0.116. The van der Waals surface area contributed by atoms with E-state index in [4.69, 9.17) is 0 Å². The number of nitrogens with zero attached hydrogens (tertiary/aromatic N) is 4. The molecule has 1 N–H and O–H groups in total. The van der Waals surface area contributed by atoms with E-state index in [1.165, 1.54) is 10.6 Å². The molecular weight excluding hydrogens is 466 g/mol. The van der Waals surface area contributed by atoms with E-state index in [9.17, 15) is 27.2 Å². The van der Waals surface area contributed by atoms with E-state index in [0.29, 0.717) is 37.0 Å². The first-order valence-electron chi connectivity index (χ1n) is 10.9. The Morgan fingerprint density at radius 3 is 2.69 bits per heavy atom. The topological polar surface area (TPSA) is 80.1 Å². The van der Waals surface area contributed by atoms with Crippen molar-refractivity contribution >= 4 is 6.03 Å². The second-order valence-electron chi connectivity index (χ2n) is 8.50. The Labute approximate surface area is 198 Å². The highest BCUT2D eigenvalue weighted by Gasteiger charge is 2.34. The van der Waals surface area contributed by atoms with Crippen molar-refractivity contribution in [3.05, 3.63) is 92.7 Å². The van der Waals surface area contributed by atoms with Crippen molar-refractivity contribution < 1.29 is 22.4 Å². The molecule has 0 radical (unpaired) electrons. The van der Waals surface area contributed by atoms with Crippen molar-refractivity contribution in [3.63, 3.8) is 0 Å². The Bertz CT molecular complexity index is 1320. The molecule has 1 atom stereocenters. The number of halogens is 4. The highest BCUT2D eigenvalue weighted by molar-refractivity contribution is 5.75. The first kappa shape index (κ1) is 24.4. The Morgan fingerprint density at radius 2 is 2.00 bits per heavy atom. The molecule has 0 aliphatic carbocycles. The van der Waals surface area contributed by atoms with E-state index in [2.05, 4.69) is 15.3 Å². The molecule has 4 rings (SSSR count). The molecule has 1 aromatic carbocycles. The Morgan fingerprint density at radius 1 is 1.23 bits per heavy atom. The van der Waals surface area contributed by atoms with Crippen LogP contribution in [-0.2, 0) is 32.6 Å². The number of hydrogen-bond acceptors (Lipinski definition) is 4. The highest BCUT2D eigenvalue weighted by Crippen LogP contribution is 2.32. The van der Waals surface area contributed by atoms with Gasteiger partial charge in [0.1, 0.15) is 11.6 Å². The third-order valence-corrected chi connectivity index (χ3v) is 5.93. The molecule has 35 heavy (non-hydrogen) atoms. The minimum atomic E-state index is -4.78. The smallest absolute Gasteiger partial charge is 0.331 e. The van der Waals surface area contributed by atoms with Gasteiger partial charge in [-0.05, 0) is 42.2 Å². The standard InChI is InChI=1S/C24H23F4N5O2/c1-14(16-4-5-18(19(25)10-16)24(26,27)28)30-23(35)33-8-7-17-11-29-21(31-20(17)13-33)9-15-3-6-22(34)32(2)12-15/h3-6,10-12,14H,7-9,13H2,1-2H3,(H,30,35)/t14-/m1/s1. The Balaban J connectivity index is 1.43. The fourth-order valence-corrected chi connectivity index (χ4v) is 3.93. The van der Waals surface area contributed by atoms with Gasteiger partial charge in [-0.2, -0.15) is 13.2 Å². The lowest BCUT2D eigenvalue weighted by molar-refractivity contribution is -0.140. The van der Waals surface area contributed by atoms with Crippen LogP contribution in [0.1, 0.15) is 46.7 Å². The van der Waals surface area contributed by atoms with Crippen molar-refractivity contribution in [2.75, 3.05) is 6.54 Å². The van der Waals surface area contributed by atoms with Crippen LogP contribution < -0.4 is 10.9 Å². The summed E-state index contributed by atoms with van der Waals surface area (Å²) in [5.41, 5.74) is 1.26. The Kier molecular flexibility index (Phi) is 6.60. The van der Waals surface area contributed by atoms with Crippen LogP contribution in [0.4, 0.5) is 22.4 Å². The summed E-state index contributed by atoms with van der Waals surface area (Å²) in [6.45, 7) is 2.22. The normalized spacial score (nSPS) is 14.4. The van der Waals surface area contributed by atoms with Gasteiger partial charge in [-0.15, -0.1) is 0 Å². The van der Waals surface area contributed by atoms with Gasteiger partial charge in [0.05, 0.1) is 23.8 Å². The molecule has 2 aromatic heterocycles. The lowest BCUT2D eigenvalue weighted by atomic mass is 10.0. The molecule has 0 bridgehead atoms. The molecule has 1 aliphatic heterocycles. The fourth-order valence-electron chi connectivity index (χ4n) is 3.93. The molecule has 0 fully saturated rings. The maximum Gasteiger partial charge on any atom is 0.419 e. The first-order valence-corrected chi connectivity index (χ1v) is 10.9. The summed E-state index contributed by atoms with van der Waals surface area (Å²) >= 11 is 0. The summed E-state index contributed by atoms with van der Waals surface area (Å²) in [6, 6.07) is 4.68. The number of hydrogen-bond donors (Lipinski definition) is 1. The number of amides is 2. The van der Waals surface area contributed by atoms with E-state index in [-0.39, 0.29) is 17.7 Å². The SMILES string of the molecule is C[C@@H](NC(=O)N1CCc2cnc(Cc3ccc(=O)n(C)c3)nc2C1)c1ccc(C(F)(F)F)c(F)c1. The molecular formula is C24H23F4N5O2. The molecule has 0 unspecified atom stereocenters. The van der Waals surface area contributed by atoms with Crippen LogP contribution in [0.15, 0.2) is 47.5 Å². The van der Waals surface area contributed by atoms with E-state index in [0.717, 1.165) is 23.3 Å². The summed E-state index contributed by atoms with van der Waals surface area (Å²) in [7, 11) is 1.66. The molecule has 184 valence electrons. The van der Waals surface area contributed by atoms with Gasteiger partial charge in [0.2, 0.25) is 5.56 Å². The van der Waals surface area contributed by atoms with Crippen LogP contribution in [0.2, 0.25) is 0 Å². The zero-order chi connectivity index (χ0) is 25.3. The van der Waals surface area contributed by atoms with Crippen molar-refractivity contribution in [1.82, 2.24) is 24.8 Å². The summed E-state index contributed by atoms with van der Waals surface area (Å²) in [5.74, 6) is -0.830. The number of pyridine rings is 1. The number of carbonyl (C=O) groups excluding carboxylic acids is 1. The number of nitrogens with one attached hydrogen (secondary N) is 1. The van der Waals surface area contributed by atoms with Gasteiger partial charge in [-0.3, -0.25) is 4.79 Å². The molecule has 3 aromatic rings. The predicted octanol–water partition coefficient (Wildman–Crippen LogP) is 3.75. The van der Waals surface area contributed by atoms with Crippen LogP contribution in [0.25, 0.3) is 0 Å². The zero-order valence-electron chi connectivity index (χ0n) is 19.1. The molecule has 0 spiro atoms. The fraction of sp³-hybridized carbons (Fsp3) is 0.333. The monoisotopic (exact) mass is 489 g/mol. The second-order valence-corrected chi connectivity index (χ2v) is 8.50. The largest absolute Gasteiger partial charge is 0.419 e. The van der Waals surface area contributed by atoms with Gasteiger partial charge in [0, 0.05) is 38.5 Å². The van der Waals surface area contributed by atoms with Crippen LogP contribution in [0.5, 0.6) is 0 Å². The summed E-state index contributed by atoms with van der Waals surface area (Å²) in [5, 5.41) is 2.71. The number of aromatic nitrogens is 3. The Hall–Kier alpha value is -3.76. The van der Waals surface area contributed by atoms with E-state index in [1.54, 1.807) is 37.3 Å².